The van der Waals surface area contributed by atoms with Gasteiger partial charge in [-0.3, -0.25) is 9.59 Å². The maximum Gasteiger partial charge on any atom is 0.155 e. The maximum absolute atomic E-state index is 12.4. The molecule has 21 heavy (non-hydrogen) atoms. The minimum absolute atomic E-state index is 0.0246. The number of carbonyl (C=O) groups excluding carboxylic acids is 2. The molecule has 0 radical (unpaired) electrons. The van der Waals surface area contributed by atoms with Crippen LogP contribution in [0.2, 0.25) is 0 Å². The zero-order valence-electron chi connectivity index (χ0n) is 13.3. The molecule has 114 valence electrons. The van der Waals surface area contributed by atoms with E-state index in [0.717, 1.165) is 38.5 Å². The first-order valence-electron chi connectivity index (χ1n) is 8.72. The van der Waals surface area contributed by atoms with E-state index in [2.05, 4.69) is 13.8 Å². The molecule has 3 saturated carbocycles. The number of hydrogen-bond acceptors (Lipinski definition) is 2. The highest BCUT2D eigenvalue weighted by Crippen LogP contribution is 2.64. The van der Waals surface area contributed by atoms with Crippen molar-refractivity contribution in [3.63, 3.8) is 0 Å². The molecule has 0 saturated heterocycles. The minimum Gasteiger partial charge on any atom is -0.299 e. The Bertz CT molecular complexity index is 546. The Balaban J connectivity index is 1.70. The molecule has 4 unspecified atom stereocenters. The van der Waals surface area contributed by atoms with Gasteiger partial charge in [-0.1, -0.05) is 19.4 Å². The zero-order chi connectivity index (χ0) is 14.8. The minimum atomic E-state index is -0.0246. The van der Waals surface area contributed by atoms with Crippen LogP contribution >= 0.6 is 0 Å². The van der Waals surface area contributed by atoms with Crippen LogP contribution in [-0.2, 0) is 9.59 Å². The number of allylic oxidation sites excluding steroid dienone is 1. The highest BCUT2D eigenvalue weighted by Gasteiger charge is 2.58. The van der Waals surface area contributed by atoms with Gasteiger partial charge in [-0.2, -0.15) is 0 Å². The predicted octanol–water partition coefficient (Wildman–Crippen LogP) is 4.09. The Morgan fingerprint density at radius 3 is 2.48 bits per heavy atom. The summed E-state index contributed by atoms with van der Waals surface area (Å²) in [5.74, 6) is 2.88. The van der Waals surface area contributed by atoms with Crippen molar-refractivity contribution in [3.05, 3.63) is 11.6 Å². The lowest BCUT2D eigenvalue weighted by Crippen LogP contribution is -2.50. The van der Waals surface area contributed by atoms with Crippen molar-refractivity contribution in [2.45, 2.75) is 65.2 Å². The van der Waals surface area contributed by atoms with E-state index in [1.165, 1.54) is 18.4 Å². The molecule has 2 heteroatoms. The normalized spacial score (nSPS) is 49.2. The van der Waals surface area contributed by atoms with Gasteiger partial charge in [0.15, 0.2) is 5.78 Å². The lowest BCUT2D eigenvalue weighted by Gasteiger charge is -2.56. The number of ketones is 2. The molecule has 4 rings (SSSR count). The molecule has 5 atom stereocenters. The van der Waals surface area contributed by atoms with Crippen LogP contribution in [0.4, 0.5) is 0 Å². The molecule has 0 aromatic rings. The fourth-order valence-corrected chi connectivity index (χ4v) is 6.33. The average molecular weight is 286 g/mol. The van der Waals surface area contributed by atoms with Gasteiger partial charge in [0.05, 0.1) is 0 Å². The van der Waals surface area contributed by atoms with E-state index in [0.29, 0.717) is 29.3 Å². The Morgan fingerprint density at radius 1 is 0.905 bits per heavy atom. The summed E-state index contributed by atoms with van der Waals surface area (Å²) < 4.78 is 0. The standard InChI is InChI=1S/C19H26O2/c1-18-9-7-13(20)11-12(18)3-4-14-15-5-6-17(21)19(15,2)10-8-16(14)18/h11,14-16H,3-10H2,1-2H3/t14?,15?,16?,18-,19?/m0/s1. The summed E-state index contributed by atoms with van der Waals surface area (Å²) in [6.45, 7) is 4.64. The summed E-state index contributed by atoms with van der Waals surface area (Å²) in [4.78, 5) is 24.1. The van der Waals surface area contributed by atoms with Crippen LogP contribution in [0.3, 0.4) is 0 Å². The van der Waals surface area contributed by atoms with E-state index in [1.807, 2.05) is 6.08 Å². The van der Waals surface area contributed by atoms with Crippen LogP contribution in [0.1, 0.15) is 65.2 Å². The fraction of sp³-hybridized carbons (Fsp3) is 0.789. The van der Waals surface area contributed by atoms with Gasteiger partial charge in [-0.05, 0) is 67.8 Å². The van der Waals surface area contributed by atoms with Crippen molar-refractivity contribution in [1.82, 2.24) is 0 Å². The van der Waals surface area contributed by atoms with E-state index >= 15 is 0 Å². The van der Waals surface area contributed by atoms with Crippen molar-refractivity contribution in [3.8, 4) is 0 Å². The van der Waals surface area contributed by atoms with Gasteiger partial charge in [0, 0.05) is 18.3 Å². The second kappa shape index (κ2) is 4.30. The molecule has 0 amide bonds. The summed E-state index contributed by atoms with van der Waals surface area (Å²) in [5, 5.41) is 0. The summed E-state index contributed by atoms with van der Waals surface area (Å²) in [7, 11) is 0. The lowest BCUT2D eigenvalue weighted by atomic mass is 9.47. The van der Waals surface area contributed by atoms with Crippen molar-refractivity contribution in [1.29, 1.82) is 0 Å². The summed E-state index contributed by atoms with van der Waals surface area (Å²) in [6.07, 6.45) is 10.2. The molecule has 0 aromatic heterocycles. The van der Waals surface area contributed by atoms with E-state index < -0.39 is 0 Å². The Kier molecular flexibility index (Phi) is 2.81. The first kappa shape index (κ1) is 13.7. The highest BCUT2D eigenvalue weighted by atomic mass is 16.1. The predicted molar refractivity (Wildman–Crippen MR) is 81.7 cm³/mol. The molecule has 0 N–H and O–H groups in total. The van der Waals surface area contributed by atoms with E-state index in [4.69, 9.17) is 0 Å². The number of fused-ring (bicyclic) bond motifs is 5. The smallest absolute Gasteiger partial charge is 0.155 e. The first-order chi connectivity index (χ1) is 9.95. The number of Topliss-reactive ketones (excluding diaryl/α,β-unsaturated/α-hetero) is 1. The number of rotatable bonds is 0. The van der Waals surface area contributed by atoms with Gasteiger partial charge in [0.2, 0.25) is 0 Å². The van der Waals surface area contributed by atoms with Crippen LogP contribution in [0, 0.1) is 28.6 Å². The van der Waals surface area contributed by atoms with Crippen molar-refractivity contribution >= 4 is 11.6 Å². The van der Waals surface area contributed by atoms with Gasteiger partial charge >= 0.3 is 0 Å². The molecule has 0 heterocycles. The molecule has 0 aromatic carbocycles. The van der Waals surface area contributed by atoms with Gasteiger partial charge in [0.1, 0.15) is 5.78 Å². The Morgan fingerprint density at radius 2 is 1.67 bits per heavy atom. The second-order valence-electron chi connectivity index (χ2n) is 8.39. The van der Waals surface area contributed by atoms with E-state index in [-0.39, 0.29) is 10.8 Å². The third-order valence-electron chi connectivity index (χ3n) is 7.67. The summed E-state index contributed by atoms with van der Waals surface area (Å²) >= 11 is 0. The third-order valence-corrected chi connectivity index (χ3v) is 7.67. The monoisotopic (exact) mass is 286 g/mol. The molecule has 4 aliphatic rings. The molecule has 4 aliphatic carbocycles. The van der Waals surface area contributed by atoms with Crippen LogP contribution in [-0.4, -0.2) is 11.6 Å². The molecule has 0 spiro atoms. The lowest BCUT2D eigenvalue weighted by molar-refractivity contribution is -0.132. The average Bonchev–Trinajstić information content (AvgIpc) is 2.76. The molecule has 0 bridgehead atoms. The topological polar surface area (TPSA) is 34.1 Å². The summed E-state index contributed by atoms with van der Waals surface area (Å²) in [6, 6.07) is 0. The number of carbonyl (C=O) groups is 2. The highest BCUT2D eigenvalue weighted by molar-refractivity contribution is 5.91. The quantitative estimate of drug-likeness (QED) is 0.672. The van der Waals surface area contributed by atoms with Crippen LogP contribution < -0.4 is 0 Å². The second-order valence-corrected chi connectivity index (χ2v) is 8.39. The molecular formula is C19H26O2. The largest absolute Gasteiger partial charge is 0.299 e. The summed E-state index contributed by atoms with van der Waals surface area (Å²) in [5.41, 5.74) is 1.64. The fourth-order valence-electron chi connectivity index (χ4n) is 6.33. The van der Waals surface area contributed by atoms with Crippen molar-refractivity contribution in [2.75, 3.05) is 0 Å². The van der Waals surface area contributed by atoms with Crippen molar-refractivity contribution in [2.24, 2.45) is 28.6 Å². The zero-order valence-corrected chi connectivity index (χ0v) is 13.3. The Labute approximate surface area is 127 Å². The van der Waals surface area contributed by atoms with Crippen LogP contribution in [0.15, 0.2) is 11.6 Å². The number of hydrogen-bond donors (Lipinski definition) is 0. The van der Waals surface area contributed by atoms with E-state index in [9.17, 15) is 9.59 Å². The van der Waals surface area contributed by atoms with Gasteiger partial charge in [-0.15, -0.1) is 0 Å². The SMILES string of the molecule is CC12CCC3C(CCC4=CC(=O)CC[C@@]43C)C1CCC2=O. The molecular weight excluding hydrogens is 260 g/mol. The van der Waals surface area contributed by atoms with E-state index in [1.54, 1.807) is 0 Å². The maximum atomic E-state index is 12.4. The third kappa shape index (κ3) is 1.71. The van der Waals surface area contributed by atoms with Crippen molar-refractivity contribution < 1.29 is 9.59 Å². The Hall–Kier alpha value is -0.920. The van der Waals surface area contributed by atoms with Gasteiger partial charge in [-0.25, -0.2) is 0 Å². The molecule has 3 fully saturated rings. The molecule has 0 aliphatic heterocycles. The van der Waals surface area contributed by atoms with Gasteiger partial charge < -0.3 is 0 Å². The van der Waals surface area contributed by atoms with Crippen LogP contribution in [0.5, 0.6) is 0 Å². The molecule has 2 nitrogen and oxygen atoms in total. The first-order valence-corrected chi connectivity index (χ1v) is 8.72. The van der Waals surface area contributed by atoms with Gasteiger partial charge in [0.25, 0.3) is 0 Å². The van der Waals surface area contributed by atoms with Crippen LogP contribution in [0.25, 0.3) is 0 Å².